The fraction of sp³-hybridized carbons (Fsp3) is 0.914. The molecule has 2 atom stereocenters. The van der Waals surface area contributed by atoms with Crippen molar-refractivity contribution in [3.05, 3.63) is 24.3 Å². The molecule has 9 heteroatoms. The molecule has 0 aromatic heterocycles. The van der Waals surface area contributed by atoms with Gasteiger partial charge in [-0.15, -0.1) is 0 Å². The van der Waals surface area contributed by atoms with E-state index in [0.717, 1.165) is 32.1 Å². The van der Waals surface area contributed by atoms with Crippen molar-refractivity contribution in [2.45, 2.75) is 290 Å². The molecule has 0 aliphatic carbocycles. The minimum Gasteiger partial charge on any atom is -0.457 e. The first-order valence-electron chi connectivity index (χ1n) is 29.1. The largest absolute Gasteiger partial charge is 0.472 e. The average Bonchev–Trinajstić information content (AvgIpc) is 3.29. The number of hydrogen-bond acceptors (Lipinski definition) is 6. The van der Waals surface area contributed by atoms with E-state index >= 15 is 0 Å². The lowest BCUT2D eigenvalue weighted by Crippen LogP contribution is -2.37. The van der Waals surface area contributed by atoms with Crippen molar-refractivity contribution < 1.29 is 37.3 Å². The molecule has 67 heavy (non-hydrogen) atoms. The number of unbranched alkanes of at least 4 members (excludes halogenated alkanes) is 37. The highest BCUT2D eigenvalue weighted by atomic mass is 31.2. The van der Waals surface area contributed by atoms with Gasteiger partial charge in [0, 0.05) is 13.0 Å². The third-order valence-electron chi connectivity index (χ3n) is 13.0. The van der Waals surface area contributed by atoms with Gasteiger partial charge < -0.3 is 18.9 Å². The zero-order valence-corrected chi connectivity index (χ0v) is 46.3. The molecule has 0 fully saturated rings. The Morgan fingerprint density at radius 2 is 0.776 bits per heavy atom. The van der Waals surface area contributed by atoms with Gasteiger partial charge in [0.05, 0.1) is 34.4 Å². The maximum atomic E-state index is 12.8. The fourth-order valence-electron chi connectivity index (χ4n) is 8.49. The lowest BCUT2D eigenvalue weighted by atomic mass is 10.0. The van der Waals surface area contributed by atoms with Gasteiger partial charge in [-0.25, -0.2) is 4.57 Å². The van der Waals surface area contributed by atoms with Gasteiger partial charge >= 0.3 is 13.8 Å². The van der Waals surface area contributed by atoms with Crippen LogP contribution in [0.5, 0.6) is 0 Å². The molecule has 0 amide bonds. The molecule has 0 saturated carbocycles. The van der Waals surface area contributed by atoms with Gasteiger partial charge in [0.1, 0.15) is 19.3 Å². The van der Waals surface area contributed by atoms with Crippen LogP contribution in [-0.4, -0.2) is 75.6 Å². The van der Waals surface area contributed by atoms with Gasteiger partial charge in [0.15, 0.2) is 0 Å². The van der Waals surface area contributed by atoms with Crippen LogP contribution in [0.4, 0.5) is 0 Å². The number of carbonyl (C=O) groups is 1. The zero-order chi connectivity index (χ0) is 49.0. The fourth-order valence-corrected chi connectivity index (χ4v) is 9.23. The van der Waals surface area contributed by atoms with E-state index < -0.39 is 13.9 Å². The number of quaternary nitrogens is 1. The highest BCUT2D eigenvalue weighted by Gasteiger charge is 2.26. The molecule has 0 radical (unpaired) electrons. The Balaban J connectivity index is 4.02. The van der Waals surface area contributed by atoms with Crippen molar-refractivity contribution in [2.75, 3.05) is 54.1 Å². The molecule has 0 aliphatic heterocycles. The molecular formula is C58H115NO7P+. The number of rotatable bonds is 55. The van der Waals surface area contributed by atoms with Gasteiger partial charge in [-0.3, -0.25) is 13.8 Å². The molecular weight excluding hydrogens is 854 g/mol. The first-order valence-corrected chi connectivity index (χ1v) is 30.6. The van der Waals surface area contributed by atoms with Crippen molar-refractivity contribution >= 4 is 13.8 Å². The van der Waals surface area contributed by atoms with Crippen LogP contribution in [-0.2, 0) is 27.9 Å². The van der Waals surface area contributed by atoms with E-state index in [4.69, 9.17) is 18.5 Å². The third-order valence-corrected chi connectivity index (χ3v) is 14.0. The Hall–Kier alpha value is -1.02. The zero-order valence-electron chi connectivity index (χ0n) is 45.4. The minimum absolute atomic E-state index is 0.0906. The maximum absolute atomic E-state index is 12.8. The predicted molar refractivity (Wildman–Crippen MR) is 289 cm³/mol. The molecule has 0 heterocycles. The van der Waals surface area contributed by atoms with E-state index in [0.29, 0.717) is 24.1 Å². The van der Waals surface area contributed by atoms with E-state index in [1.165, 1.54) is 231 Å². The van der Waals surface area contributed by atoms with Crippen LogP contribution >= 0.6 is 7.82 Å². The number of ether oxygens (including phenoxy) is 2. The summed E-state index contributed by atoms with van der Waals surface area (Å²) < 4.78 is 35.3. The summed E-state index contributed by atoms with van der Waals surface area (Å²) in [6, 6.07) is 0. The van der Waals surface area contributed by atoms with E-state index in [2.05, 4.69) is 38.2 Å². The average molecular weight is 970 g/mol. The number of esters is 1. The Labute approximate surface area is 417 Å². The van der Waals surface area contributed by atoms with Crippen LogP contribution in [0.1, 0.15) is 284 Å². The summed E-state index contributed by atoms with van der Waals surface area (Å²) in [5, 5.41) is 0. The Morgan fingerprint density at radius 1 is 0.448 bits per heavy atom. The molecule has 1 N–H and O–H groups in total. The second-order valence-electron chi connectivity index (χ2n) is 21.0. The summed E-state index contributed by atoms with van der Waals surface area (Å²) in [5.74, 6) is -0.310. The second kappa shape index (κ2) is 51.3. The standard InChI is InChI=1S/C58H114NO7P/c1-6-8-10-12-14-16-18-20-22-24-26-27-28-29-30-31-32-34-36-38-40-42-44-46-48-50-53-63-55-57(56-65-67(61,62)64-54-52-59(3,4)5)66-58(60)51-49-47-45-43-41-39-37-35-33-25-23-21-19-17-15-13-11-9-7-2/h21,23-24,26,57H,6-20,22,25,27-56H2,1-5H3/p+1/b23-21-,26-24-. The lowest BCUT2D eigenvalue weighted by Gasteiger charge is -2.24. The topological polar surface area (TPSA) is 91.3 Å². The van der Waals surface area contributed by atoms with Crippen LogP contribution < -0.4 is 0 Å². The Bertz CT molecular complexity index is 1120. The molecule has 0 saturated heterocycles. The molecule has 0 aliphatic rings. The van der Waals surface area contributed by atoms with Crippen LogP contribution in [0.15, 0.2) is 24.3 Å². The van der Waals surface area contributed by atoms with Crippen LogP contribution in [0, 0.1) is 0 Å². The van der Waals surface area contributed by atoms with Crippen molar-refractivity contribution in [3.63, 3.8) is 0 Å². The van der Waals surface area contributed by atoms with E-state index in [1.54, 1.807) is 0 Å². The van der Waals surface area contributed by atoms with Crippen molar-refractivity contribution in [1.29, 1.82) is 0 Å². The molecule has 0 rings (SSSR count). The van der Waals surface area contributed by atoms with Gasteiger partial charge in [0.2, 0.25) is 0 Å². The van der Waals surface area contributed by atoms with Gasteiger partial charge in [0.25, 0.3) is 0 Å². The van der Waals surface area contributed by atoms with Crippen LogP contribution in [0.3, 0.4) is 0 Å². The quantitative estimate of drug-likeness (QED) is 0.0213. The van der Waals surface area contributed by atoms with Crippen molar-refractivity contribution in [1.82, 2.24) is 0 Å². The maximum Gasteiger partial charge on any atom is 0.472 e. The van der Waals surface area contributed by atoms with E-state index in [9.17, 15) is 14.3 Å². The number of carbonyl (C=O) groups excluding carboxylic acids is 1. The number of hydrogen-bond donors (Lipinski definition) is 1. The first kappa shape index (κ1) is 66.0. The summed E-state index contributed by atoms with van der Waals surface area (Å²) in [5.41, 5.74) is 0. The normalized spacial score (nSPS) is 13.6. The van der Waals surface area contributed by atoms with Gasteiger partial charge in [-0.05, 0) is 64.2 Å². The minimum atomic E-state index is -4.28. The molecule has 2 unspecified atom stereocenters. The highest BCUT2D eigenvalue weighted by molar-refractivity contribution is 7.47. The molecule has 8 nitrogen and oxygen atoms in total. The van der Waals surface area contributed by atoms with E-state index in [-0.39, 0.29) is 25.8 Å². The lowest BCUT2D eigenvalue weighted by molar-refractivity contribution is -0.870. The Morgan fingerprint density at radius 3 is 1.13 bits per heavy atom. The molecule has 0 aromatic rings. The number of allylic oxidation sites excluding steroid dienone is 4. The smallest absolute Gasteiger partial charge is 0.457 e. The number of nitrogens with zero attached hydrogens (tertiary/aromatic N) is 1. The predicted octanol–water partition coefficient (Wildman–Crippen LogP) is 18.3. The highest BCUT2D eigenvalue weighted by Crippen LogP contribution is 2.43. The summed E-state index contributed by atoms with van der Waals surface area (Å²) >= 11 is 0. The first-order chi connectivity index (χ1) is 32.6. The van der Waals surface area contributed by atoms with Crippen molar-refractivity contribution in [2.24, 2.45) is 0 Å². The van der Waals surface area contributed by atoms with Gasteiger partial charge in [-0.1, -0.05) is 237 Å². The van der Waals surface area contributed by atoms with E-state index in [1.807, 2.05) is 21.1 Å². The second-order valence-corrected chi connectivity index (χ2v) is 22.5. The number of likely N-dealkylation sites (N-methyl/N-ethyl adjacent to an activating group) is 1. The molecule has 0 spiro atoms. The summed E-state index contributed by atoms with van der Waals surface area (Å²) in [6.45, 7) is 5.68. The number of phosphoric ester groups is 1. The molecule has 0 aromatic carbocycles. The van der Waals surface area contributed by atoms with Crippen LogP contribution in [0.25, 0.3) is 0 Å². The monoisotopic (exact) mass is 969 g/mol. The molecule has 0 bridgehead atoms. The number of phosphoric acid groups is 1. The summed E-state index contributed by atoms with van der Waals surface area (Å²) in [4.78, 5) is 23.1. The molecule has 398 valence electrons. The SMILES string of the molecule is CCCCCCCC/C=C\CCCCCCCCCCCC(=O)OC(COCCCCCCCCCCCCCCCC/C=C\CCCCCCCCCC)COP(=O)(O)OCC[N+](C)(C)C. The summed E-state index contributed by atoms with van der Waals surface area (Å²) in [6.07, 6.45) is 62.4. The van der Waals surface area contributed by atoms with Crippen molar-refractivity contribution in [3.8, 4) is 0 Å². The van der Waals surface area contributed by atoms with Crippen LogP contribution in [0.2, 0.25) is 0 Å². The Kier molecular flexibility index (Phi) is 50.6. The third kappa shape index (κ3) is 55.8. The van der Waals surface area contributed by atoms with Gasteiger partial charge in [-0.2, -0.15) is 0 Å². The summed E-state index contributed by atoms with van der Waals surface area (Å²) in [7, 11) is 1.68.